The maximum absolute atomic E-state index is 12.0. The maximum Gasteiger partial charge on any atom is 0.278 e. The van der Waals surface area contributed by atoms with Gasteiger partial charge in [-0.05, 0) is 17.7 Å². The number of benzene rings is 1. The lowest BCUT2D eigenvalue weighted by molar-refractivity contribution is 0.598. The van der Waals surface area contributed by atoms with Crippen LogP contribution >= 0.6 is 0 Å². The van der Waals surface area contributed by atoms with Crippen LogP contribution in [-0.4, -0.2) is 33.2 Å². The molecule has 21 heavy (non-hydrogen) atoms. The molecule has 2 N–H and O–H groups in total. The van der Waals surface area contributed by atoms with Crippen LogP contribution in [0.1, 0.15) is 5.56 Å². The smallest absolute Gasteiger partial charge is 0.278 e. The number of nitrogens with one attached hydrogen (secondary N) is 2. The van der Waals surface area contributed by atoms with E-state index in [9.17, 15) is 8.42 Å². The Morgan fingerprint density at radius 2 is 2.00 bits per heavy atom. The molecule has 0 radical (unpaired) electrons. The Kier molecular flexibility index (Phi) is 3.40. The first-order chi connectivity index (χ1) is 10.1. The Balaban J connectivity index is 1.73. The van der Waals surface area contributed by atoms with Gasteiger partial charge in [0, 0.05) is 5.69 Å². The summed E-state index contributed by atoms with van der Waals surface area (Å²) in [6.07, 6.45) is 5.65. The summed E-state index contributed by atoms with van der Waals surface area (Å²) < 4.78 is 28.2. The predicted molar refractivity (Wildman–Crippen MR) is 75.0 cm³/mol. The summed E-state index contributed by atoms with van der Waals surface area (Å²) in [4.78, 5) is 10.1. The van der Waals surface area contributed by atoms with E-state index in [1.165, 1.54) is 18.9 Å². The van der Waals surface area contributed by atoms with Crippen LogP contribution in [-0.2, 0) is 16.6 Å². The van der Waals surface area contributed by atoms with Crippen molar-refractivity contribution in [2.75, 3.05) is 4.72 Å². The first kappa shape index (κ1) is 13.3. The molecule has 0 fully saturated rings. The molecule has 2 aromatic heterocycles. The summed E-state index contributed by atoms with van der Waals surface area (Å²) in [6.45, 7) is 0.577. The highest BCUT2D eigenvalue weighted by atomic mass is 32.2. The van der Waals surface area contributed by atoms with E-state index >= 15 is 0 Å². The maximum atomic E-state index is 12.0. The average molecular weight is 304 g/mol. The number of H-pyrrole nitrogens is 1. The van der Waals surface area contributed by atoms with Gasteiger partial charge in [-0.15, -0.1) is 0 Å². The molecular weight excluding hydrogens is 292 g/mol. The molecule has 0 atom stereocenters. The van der Waals surface area contributed by atoms with Crippen molar-refractivity contribution >= 4 is 15.7 Å². The minimum atomic E-state index is -3.63. The second-order valence-electron chi connectivity index (χ2n) is 4.31. The van der Waals surface area contributed by atoms with E-state index in [0.29, 0.717) is 12.2 Å². The van der Waals surface area contributed by atoms with Crippen molar-refractivity contribution in [2.24, 2.45) is 0 Å². The number of rotatable bonds is 5. The number of hydrogen-bond donors (Lipinski definition) is 2. The third kappa shape index (κ3) is 3.08. The summed E-state index contributed by atoms with van der Waals surface area (Å²) in [5.74, 6) is 0. The molecule has 0 spiro atoms. The normalized spacial score (nSPS) is 11.4. The number of imidazole rings is 1. The van der Waals surface area contributed by atoms with E-state index in [0.717, 1.165) is 5.56 Å². The SMILES string of the molecule is O=S(=O)(Nc1ccc(Cn2cncn2)cc1)c1cnc[nH]1. The van der Waals surface area contributed by atoms with Gasteiger partial charge < -0.3 is 4.98 Å². The Hall–Kier alpha value is -2.68. The standard InChI is InChI=1S/C12H12N6O2S/c19-21(20,12-5-13-7-15-12)17-11-3-1-10(2-4-11)6-18-9-14-8-16-18/h1-5,7-9,17H,6H2,(H,13,15). The van der Waals surface area contributed by atoms with Crippen molar-refractivity contribution in [1.82, 2.24) is 24.7 Å². The van der Waals surface area contributed by atoms with Crippen LogP contribution in [0.3, 0.4) is 0 Å². The van der Waals surface area contributed by atoms with Gasteiger partial charge in [-0.1, -0.05) is 12.1 Å². The molecule has 9 heteroatoms. The van der Waals surface area contributed by atoms with Crippen molar-refractivity contribution in [3.05, 3.63) is 55.0 Å². The van der Waals surface area contributed by atoms with Crippen molar-refractivity contribution in [1.29, 1.82) is 0 Å². The lowest BCUT2D eigenvalue weighted by Crippen LogP contribution is -2.13. The van der Waals surface area contributed by atoms with Crippen LogP contribution in [0.25, 0.3) is 0 Å². The fraction of sp³-hybridized carbons (Fsp3) is 0.0833. The molecule has 3 rings (SSSR count). The zero-order valence-electron chi connectivity index (χ0n) is 10.8. The van der Waals surface area contributed by atoms with Crippen LogP contribution in [0.2, 0.25) is 0 Å². The molecular formula is C12H12N6O2S. The van der Waals surface area contributed by atoms with Crippen LogP contribution in [0, 0.1) is 0 Å². The van der Waals surface area contributed by atoms with Gasteiger partial charge in [-0.3, -0.25) is 4.72 Å². The Morgan fingerprint density at radius 1 is 1.19 bits per heavy atom. The molecule has 0 aliphatic rings. The minimum absolute atomic E-state index is 0.0224. The van der Waals surface area contributed by atoms with Crippen molar-refractivity contribution in [2.45, 2.75) is 11.6 Å². The van der Waals surface area contributed by atoms with Crippen molar-refractivity contribution in [3.8, 4) is 0 Å². The van der Waals surface area contributed by atoms with Gasteiger partial charge in [0.2, 0.25) is 0 Å². The zero-order chi connectivity index (χ0) is 14.7. The first-order valence-corrected chi connectivity index (χ1v) is 7.54. The van der Waals surface area contributed by atoms with Crippen LogP contribution in [0.15, 0.2) is 54.5 Å². The molecule has 1 aromatic carbocycles. The van der Waals surface area contributed by atoms with Gasteiger partial charge in [0.1, 0.15) is 12.7 Å². The van der Waals surface area contributed by atoms with Crippen LogP contribution in [0.4, 0.5) is 5.69 Å². The summed E-state index contributed by atoms with van der Waals surface area (Å²) in [5.41, 5.74) is 1.47. The fourth-order valence-corrected chi connectivity index (χ4v) is 2.74. The molecule has 108 valence electrons. The summed E-state index contributed by atoms with van der Waals surface area (Å²) in [7, 11) is -3.63. The summed E-state index contributed by atoms with van der Waals surface area (Å²) in [6, 6.07) is 7.04. The number of nitrogens with zero attached hydrogens (tertiary/aromatic N) is 4. The molecule has 0 saturated carbocycles. The molecule has 3 aromatic rings. The second kappa shape index (κ2) is 5.37. The van der Waals surface area contributed by atoms with Gasteiger partial charge in [-0.2, -0.15) is 13.5 Å². The van der Waals surface area contributed by atoms with Crippen molar-refractivity contribution < 1.29 is 8.42 Å². The van der Waals surface area contributed by atoms with Gasteiger partial charge in [0.15, 0.2) is 5.03 Å². The molecule has 2 heterocycles. The fourth-order valence-electron chi connectivity index (χ4n) is 1.78. The predicted octanol–water partition coefficient (Wildman–Crippen LogP) is 0.850. The number of aromatic nitrogens is 5. The summed E-state index contributed by atoms with van der Waals surface area (Å²) in [5, 5.41) is 4.03. The minimum Gasteiger partial charge on any atom is -0.334 e. The third-order valence-electron chi connectivity index (χ3n) is 2.78. The quantitative estimate of drug-likeness (QED) is 0.727. The molecule has 0 amide bonds. The first-order valence-electron chi connectivity index (χ1n) is 6.06. The molecule has 0 unspecified atom stereocenters. The molecule has 0 aliphatic heterocycles. The van der Waals surface area contributed by atoms with Crippen LogP contribution in [0.5, 0.6) is 0 Å². The van der Waals surface area contributed by atoms with Crippen molar-refractivity contribution in [3.63, 3.8) is 0 Å². The monoisotopic (exact) mass is 304 g/mol. The third-order valence-corrected chi connectivity index (χ3v) is 4.09. The molecule has 0 bridgehead atoms. The number of hydrogen-bond acceptors (Lipinski definition) is 5. The summed E-state index contributed by atoms with van der Waals surface area (Å²) >= 11 is 0. The lowest BCUT2D eigenvalue weighted by atomic mass is 10.2. The molecule has 8 nitrogen and oxygen atoms in total. The second-order valence-corrected chi connectivity index (χ2v) is 5.96. The Morgan fingerprint density at radius 3 is 2.62 bits per heavy atom. The Bertz CT molecular complexity index is 794. The Labute approximate surface area is 120 Å². The van der Waals surface area contributed by atoms with E-state index in [2.05, 4.69) is 24.8 Å². The van der Waals surface area contributed by atoms with E-state index in [4.69, 9.17) is 0 Å². The lowest BCUT2D eigenvalue weighted by Gasteiger charge is -2.07. The molecule has 0 saturated heterocycles. The van der Waals surface area contributed by atoms with E-state index in [-0.39, 0.29) is 5.03 Å². The highest BCUT2D eigenvalue weighted by Gasteiger charge is 2.15. The van der Waals surface area contributed by atoms with E-state index in [1.807, 2.05) is 12.1 Å². The van der Waals surface area contributed by atoms with Gasteiger partial charge >= 0.3 is 0 Å². The topological polar surface area (TPSA) is 106 Å². The zero-order valence-corrected chi connectivity index (χ0v) is 11.7. The van der Waals surface area contributed by atoms with E-state index in [1.54, 1.807) is 23.1 Å². The number of anilines is 1. The van der Waals surface area contributed by atoms with Gasteiger partial charge in [0.25, 0.3) is 10.0 Å². The highest BCUT2D eigenvalue weighted by Crippen LogP contribution is 2.15. The number of aromatic amines is 1. The van der Waals surface area contributed by atoms with Crippen LogP contribution < -0.4 is 4.72 Å². The van der Waals surface area contributed by atoms with E-state index < -0.39 is 10.0 Å². The molecule has 0 aliphatic carbocycles. The average Bonchev–Trinajstić information content (AvgIpc) is 3.13. The van der Waals surface area contributed by atoms with Gasteiger partial charge in [0.05, 0.1) is 19.1 Å². The number of sulfonamides is 1. The highest BCUT2D eigenvalue weighted by molar-refractivity contribution is 7.92. The van der Waals surface area contributed by atoms with Gasteiger partial charge in [-0.25, -0.2) is 14.6 Å². The largest absolute Gasteiger partial charge is 0.334 e.